The molecule has 11 nitrogen and oxygen atoms in total. The number of benzene rings is 3. The average Bonchev–Trinajstić information content (AvgIpc) is 3.68. The minimum atomic E-state index is -1.67. The van der Waals surface area contributed by atoms with E-state index in [0.29, 0.717) is 18.9 Å². The Labute approximate surface area is 393 Å². The summed E-state index contributed by atoms with van der Waals surface area (Å²) in [5, 5.41) is 42.1. The Balaban J connectivity index is 0.00000217. The van der Waals surface area contributed by atoms with Crippen LogP contribution in [0.25, 0.3) is 22.2 Å². The molecule has 0 amide bonds. The van der Waals surface area contributed by atoms with Gasteiger partial charge >= 0.3 is 5.97 Å². The van der Waals surface area contributed by atoms with Gasteiger partial charge in [0, 0.05) is 156 Å². The average molecular weight is 1310 g/mol. The van der Waals surface area contributed by atoms with E-state index in [1.807, 2.05) is 37.3 Å². The number of esters is 1. The number of carbonyl (C=O) groups excluding carboxylic acids is 1. The maximum absolute atomic E-state index is 12.0. The van der Waals surface area contributed by atoms with Crippen molar-refractivity contribution >= 4 is 16.9 Å². The second-order valence-electron chi connectivity index (χ2n) is 11.9. The molecule has 1 aromatic heterocycles. The second kappa shape index (κ2) is 20.0. The van der Waals surface area contributed by atoms with E-state index < -0.39 is 36.7 Å². The minimum Gasteiger partial charge on any atom is -0.508 e. The zero-order valence-corrected chi connectivity index (χ0v) is 41.9. The molecule has 49 heavy (non-hydrogen) atoms. The molecule has 2 aliphatic rings. The van der Waals surface area contributed by atoms with Crippen LogP contribution in [-0.2, 0) is 20.8 Å². The number of aromatic nitrogens is 1. The third-order valence-corrected chi connectivity index (χ3v) is 8.82. The number of likely N-dealkylation sites (tertiary alicyclic amines) is 1. The third-order valence-electron chi connectivity index (χ3n) is 8.82. The first-order valence-electron chi connectivity index (χ1n) is 15.5. The van der Waals surface area contributed by atoms with Crippen molar-refractivity contribution in [2.75, 3.05) is 33.4 Å². The maximum atomic E-state index is 12.0. The third kappa shape index (κ3) is 10.2. The second-order valence-corrected chi connectivity index (χ2v) is 11.9. The number of rotatable bonds is 10. The van der Waals surface area contributed by atoms with E-state index >= 15 is 0 Å². The van der Waals surface area contributed by atoms with Crippen LogP contribution in [0.4, 0.5) is 0 Å². The number of carbonyl (C=O) groups is 1. The van der Waals surface area contributed by atoms with Crippen molar-refractivity contribution in [1.29, 1.82) is 0 Å². The SMILES string of the molecule is COC(=O)C1OC(Oc2ccc(-c3c(C)c4cc(O)ccc4n3Cc3ccc(OCCN4CCCC4)cc3)cc2)C(O)C(O)C1O.[Ac].[Ac].[Ac]. The molecule has 6 rings (SSSR count). The molecule has 3 radical (unpaired) electrons. The van der Waals surface area contributed by atoms with Crippen LogP contribution in [0.15, 0.2) is 66.7 Å². The van der Waals surface area contributed by atoms with E-state index in [1.165, 1.54) is 12.8 Å². The zero-order valence-electron chi connectivity index (χ0n) is 27.6. The maximum Gasteiger partial charge on any atom is 0.337 e. The normalized spacial score (nSPS) is 22.0. The van der Waals surface area contributed by atoms with E-state index in [0.717, 1.165) is 65.8 Å². The first-order valence-corrected chi connectivity index (χ1v) is 15.5. The summed E-state index contributed by atoms with van der Waals surface area (Å²) in [5.74, 6) is 0.445. The molecule has 5 unspecified atom stereocenters. The van der Waals surface area contributed by atoms with Crippen molar-refractivity contribution in [3.63, 3.8) is 0 Å². The number of methoxy groups -OCH3 is 1. The standard InChI is InChI=1S/C35H40N2O9.3Ac/c1-21-27-19-24(38)9-14-28(27)37(20-22-5-10-25(11-6-22)44-18-17-36-15-3-4-16-36)29(21)23-7-12-26(13-8-23)45-35-32(41)30(39)31(40)33(46-35)34(42)43-2;;;/h5-14,19,30-33,35,38-41H,3-4,15-18,20H2,1-2H3;;;. The summed E-state index contributed by atoms with van der Waals surface area (Å²) in [6, 6.07) is 20.6. The summed E-state index contributed by atoms with van der Waals surface area (Å²) >= 11 is 0. The van der Waals surface area contributed by atoms with Gasteiger partial charge in [-0.15, -0.1) is 0 Å². The number of fused-ring (bicyclic) bond motifs is 1. The monoisotopic (exact) mass is 1310 g/mol. The zero-order chi connectivity index (χ0) is 32.4. The van der Waals surface area contributed by atoms with Crippen molar-refractivity contribution in [3.05, 3.63) is 77.9 Å². The molecule has 2 fully saturated rings. The van der Waals surface area contributed by atoms with Gasteiger partial charge in [-0.05, 0) is 104 Å². The fourth-order valence-corrected chi connectivity index (χ4v) is 6.30. The van der Waals surface area contributed by atoms with Crippen LogP contribution in [0.2, 0.25) is 0 Å². The summed E-state index contributed by atoms with van der Waals surface area (Å²) in [6.07, 6.45) is -5.36. The first-order chi connectivity index (χ1) is 22.2. The van der Waals surface area contributed by atoms with Gasteiger partial charge in [0.25, 0.3) is 0 Å². The predicted octanol–water partition coefficient (Wildman–Crippen LogP) is 3.20. The number of aliphatic hydroxyl groups excluding tert-OH is 3. The number of hydrogen-bond acceptors (Lipinski definition) is 10. The van der Waals surface area contributed by atoms with Gasteiger partial charge in [-0.3, -0.25) is 4.90 Å². The Bertz CT molecular complexity index is 1660. The van der Waals surface area contributed by atoms with Gasteiger partial charge in [-0.1, -0.05) is 12.1 Å². The Hall–Kier alpha value is 0.195. The molecule has 0 spiro atoms. The van der Waals surface area contributed by atoms with Crippen LogP contribution in [0.3, 0.4) is 0 Å². The Morgan fingerprint density at radius 1 is 0.878 bits per heavy atom. The summed E-state index contributed by atoms with van der Waals surface area (Å²) in [5.41, 5.74) is 4.89. The number of aryl methyl sites for hydroxylation is 1. The van der Waals surface area contributed by atoms with Crippen molar-refractivity contribution in [2.24, 2.45) is 0 Å². The first kappa shape index (κ1) is 43.6. The van der Waals surface area contributed by atoms with Crippen molar-refractivity contribution < 1.29 is 176 Å². The predicted molar refractivity (Wildman–Crippen MR) is 170 cm³/mol. The van der Waals surface area contributed by atoms with E-state index in [1.54, 1.807) is 24.3 Å². The van der Waals surface area contributed by atoms with E-state index in [2.05, 4.69) is 26.3 Å². The Kier molecular flexibility index (Phi) is 17.8. The number of ether oxygens (including phenoxy) is 4. The summed E-state index contributed by atoms with van der Waals surface area (Å²) in [6.45, 7) is 6.48. The van der Waals surface area contributed by atoms with Gasteiger partial charge in [0.15, 0.2) is 6.10 Å². The molecule has 0 saturated carbocycles. The fraction of sp³-hybridized carbons (Fsp3) is 0.400. The minimum absolute atomic E-state index is 0. The van der Waals surface area contributed by atoms with Gasteiger partial charge in [0.2, 0.25) is 6.29 Å². The Morgan fingerprint density at radius 3 is 2.18 bits per heavy atom. The Morgan fingerprint density at radius 2 is 1.53 bits per heavy atom. The molecule has 14 heteroatoms. The van der Waals surface area contributed by atoms with Crippen LogP contribution >= 0.6 is 0 Å². The smallest absolute Gasteiger partial charge is 0.337 e. The number of aromatic hydroxyl groups is 1. The molecule has 4 N–H and O–H groups in total. The topological polar surface area (TPSA) is 143 Å². The molecular weight excluding hydrogens is 1270 g/mol. The van der Waals surface area contributed by atoms with Crippen molar-refractivity contribution in [3.8, 4) is 28.5 Å². The fourth-order valence-electron chi connectivity index (χ4n) is 6.30. The van der Waals surface area contributed by atoms with E-state index in [4.69, 9.17) is 14.2 Å². The molecule has 3 heterocycles. The summed E-state index contributed by atoms with van der Waals surface area (Å²) in [4.78, 5) is 14.5. The summed E-state index contributed by atoms with van der Waals surface area (Å²) in [7, 11) is 1.13. The molecule has 5 atom stereocenters. The molecule has 2 aliphatic heterocycles. The number of hydrogen-bond donors (Lipinski definition) is 4. The van der Waals surface area contributed by atoms with E-state index in [-0.39, 0.29) is 138 Å². The van der Waals surface area contributed by atoms with Crippen LogP contribution in [-0.4, -0.2) is 99.9 Å². The van der Waals surface area contributed by atoms with Crippen LogP contribution in [0.1, 0.15) is 24.0 Å². The molecule has 0 aliphatic carbocycles. The number of phenolic OH excluding ortho intramolecular Hbond substituents is 1. The van der Waals surface area contributed by atoms with Crippen LogP contribution in [0, 0.1) is 139 Å². The largest absolute Gasteiger partial charge is 0.508 e. The molecule has 2 saturated heterocycles. The van der Waals surface area contributed by atoms with Gasteiger partial charge < -0.3 is 43.9 Å². The van der Waals surface area contributed by atoms with Crippen molar-refractivity contribution in [2.45, 2.75) is 57.0 Å². The van der Waals surface area contributed by atoms with E-state index in [9.17, 15) is 25.2 Å². The molecule has 253 valence electrons. The van der Waals surface area contributed by atoms with Gasteiger partial charge in [0.05, 0.1) is 12.8 Å². The van der Waals surface area contributed by atoms with Crippen molar-refractivity contribution in [1.82, 2.24) is 9.47 Å². The molecule has 0 bridgehead atoms. The number of aliphatic hydroxyl groups is 3. The van der Waals surface area contributed by atoms with Crippen LogP contribution < -0.4 is 9.47 Å². The quantitative estimate of drug-likeness (QED) is 0.175. The van der Waals surface area contributed by atoms with Crippen LogP contribution in [0.5, 0.6) is 17.2 Å². The number of phenols is 1. The molecule has 4 aromatic rings. The molecule has 3 aromatic carbocycles. The summed E-state index contributed by atoms with van der Waals surface area (Å²) < 4.78 is 24.1. The molecular formula is C35H40Ac3N2O9. The number of nitrogens with zero attached hydrogens (tertiary/aromatic N) is 2. The van der Waals surface area contributed by atoms with Gasteiger partial charge in [0.1, 0.15) is 42.2 Å². The van der Waals surface area contributed by atoms with Gasteiger partial charge in [-0.25, -0.2) is 4.79 Å². The van der Waals surface area contributed by atoms with Gasteiger partial charge in [-0.2, -0.15) is 0 Å².